The van der Waals surface area contributed by atoms with Crippen LogP contribution in [0.3, 0.4) is 0 Å². The van der Waals surface area contributed by atoms with Gasteiger partial charge in [-0.2, -0.15) is 0 Å². The van der Waals surface area contributed by atoms with Gasteiger partial charge in [0.15, 0.2) is 0 Å². The van der Waals surface area contributed by atoms with E-state index in [1.807, 2.05) is 0 Å². The van der Waals surface area contributed by atoms with Gasteiger partial charge in [-0.3, -0.25) is 0 Å². The Hall–Kier alpha value is -0.0800. The number of ether oxygens (including phenoxy) is 1. The second-order valence-electron chi connectivity index (χ2n) is 5.85. The molecule has 2 heteroatoms. The molecule has 0 aromatic rings. The van der Waals surface area contributed by atoms with Gasteiger partial charge < -0.3 is 10.1 Å². The molecule has 14 heavy (non-hydrogen) atoms. The zero-order valence-electron chi connectivity index (χ0n) is 10.3. The molecule has 1 aliphatic heterocycles. The first-order chi connectivity index (χ1) is 6.33. The van der Waals surface area contributed by atoms with E-state index in [1.165, 1.54) is 6.42 Å². The normalized spacial score (nSPS) is 32.1. The molecule has 0 radical (unpaired) electrons. The van der Waals surface area contributed by atoms with Crippen molar-refractivity contribution in [3.05, 3.63) is 0 Å². The highest BCUT2D eigenvalue weighted by Gasteiger charge is 2.36. The fourth-order valence-corrected chi connectivity index (χ4v) is 2.10. The summed E-state index contributed by atoms with van der Waals surface area (Å²) in [7, 11) is 0. The van der Waals surface area contributed by atoms with Crippen LogP contribution in [0.2, 0.25) is 0 Å². The lowest BCUT2D eigenvalue weighted by Crippen LogP contribution is -2.56. The smallest absolute Gasteiger partial charge is 0.0786 e. The fraction of sp³-hybridized carbons (Fsp3) is 1.00. The minimum atomic E-state index is -0.00994. The van der Waals surface area contributed by atoms with Crippen molar-refractivity contribution in [3.63, 3.8) is 0 Å². The van der Waals surface area contributed by atoms with Crippen molar-refractivity contribution in [2.24, 2.45) is 5.92 Å². The van der Waals surface area contributed by atoms with E-state index in [1.54, 1.807) is 0 Å². The topological polar surface area (TPSA) is 21.3 Å². The summed E-state index contributed by atoms with van der Waals surface area (Å²) in [6.07, 6.45) is 2.40. The Morgan fingerprint density at radius 1 is 1.21 bits per heavy atom. The number of morpholine rings is 1. The summed E-state index contributed by atoms with van der Waals surface area (Å²) >= 11 is 0. The van der Waals surface area contributed by atoms with E-state index in [0.29, 0.717) is 0 Å². The average Bonchev–Trinajstić information content (AvgIpc) is 1.98. The Morgan fingerprint density at radius 2 is 1.86 bits per heavy atom. The van der Waals surface area contributed by atoms with Crippen molar-refractivity contribution in [2.75, 3.05) is 13.1 Å². The molecule has 0 spiro atoms. The maximum Gasteiger partial charge on any atom is 0.0786 e. The Labute approximate surface area is 88.4 Å². The van der Waals surface area contributed by atoms with Gasteiger partial charge in [0.25, 0.3) is 0 Å². The van der Waals surface area contributed by atoms with E-state index >= 15 is 0 Å². The third-order valence-electron chi connectivity index (χ3n) is 2.82. The van der Waals surface area contributed by atoms with Crippen LogP contribution in [-0.4, -0.2) is 24.3 Å². The van der Waals surface area contributed by atoms with Crippen molar-refractivity contribution in [2.45, 2.75) is 58.7 Å². The molecule has 1 N–H and O–H groups in total. The molecule has 1 saturated heterocycles. The van der Waals surface area contributed by atoms with Crippen LogP contribution in [0.15, 0.2) is 0 Å². The number of nitrogens with one attached hydrogen (secondary N) is 1. The first-order valence-corrected chi connectivity index (χ1v) is 5.74. The highest BCUT2D eigenvalue weighted by Crippen LogP contribution is 2.28. The first kappa shape index (κ1) is 12.0. The molecule has 0 saturated carbocycles. The van der Waals surface area contributed by atoms with Gasteiger partial charge in [0.05, 0.1) is 11.2 Å². The minimum Gasteiger partial charge on any atom is -0.367 e. The van der Waals surface area contributed by atoms with Gasteiger partial charge in [0, 0.05) is 13.1 Å². The highest BCUT2D eigenvalue weighted by molar-refractivity contribution is 4.89. The van der Waals surface area contributed by atoms with Crippen molar-refractivity contribution in [1.82, 2.24) is 5.32 Å². The summed E-state index contributed by atoms with van der Waals surface area (Å²) < 4.78 is 6.15. The zero-order valence-corrected chi connectivity index (χ0v) is 10.3. The lowest BCUT2D eigenvalue weighted by molar-refractivity contribution is -0.157. The SMILES string of the molecule is CC(C)CCC1(C)CNCC(C)(C)O1. The van der Waals surface area contributed by atoms with E-state index in [-0.39, 0.29) is 11.2 Å². The van der Waals surface area contributed by atoms with Crippen LogP contribution in [0.1, 0.15) is 47.5 Å². The number of hydrogen-bond acceptors (Lipinski definition) is 2. The molecule has 84 valence electrons. The van der Waals surface area contributed by atoms with Gasteiger partial charge in [-0.15, -0.1) is 0 Å². The highest BCUT2D eigenvalue weighted by atomic mass is 16.5. The second-order valence-corrected chi connectivity index (χ2v) is 5.85. The van der Waals surface area contributed by atoms with Crippen LogP contribution in [0.4, 0.5) is 0 Å². The summed E-state index contributed by atoms with van der Waals surface area (Å²) in [5, 5.41) is 3.46. The quantitative estimate of drug-likeness (QED) is 0.754. The van der Waals surface area contributed by atoms with Crippen LogP contribution < -0.4 is 5.32 Å². The molecular weight excluding hydrogens is 174 g/mol. The third kappa shape index (κ3) is 3.58. The maximum atomic E-state index is 6.15. The molecule has 0 aliphatic carbocycles. The van der Waals surface area contributed by atoms with Gasteiger partial charge in [0.1, 0.15) is 0 Å². The minimum absolute atomic E-state index is 0.00994. The van der Waals surface area contributed by atoms with Crippen molar-refractivity contribution >= 4 is 0 Å². The van der Waals surface area contributed by atoms with E-state index in [0.717, 1.165) is 25.4 Å². The van der Waals surface area contributed by atoms with Crippen molar-refractivity contribution in [3.8, 4) is 0 Å². The van der Waals surface area contributed by atoms with Crippen molar-refractivity contribution in [1.29, 1.82) is 0 Å². The summed E-state index contributed by atoms with van der Waals surface area (Å²) in [5.41, 5.74) is 0.0238. The average molecular weight is 199 g/mol. The largest absolute Gasteiger partial charge is 0.367 e. The van der Waals surface area contributed by atoms with Crippen LogP contribution in [0, 0.1) is 5.92 Å². The summed E-state index contributed by atoms with van der Waals surface area (Å²) in [6, 6.07) is 0. The first-order valence-electron chi connectivity index (χ1n) is 5.74. The van der Waals surface area contributed by atoms with E-state index in [2.05, 4.69) is 39.9 Å². The van der Waals surface area contributed by atoms with E-state index in [9.17, 15) is 0 Å². The Morgan fingerprint density at radius 3 is 2.36 bits per heavy atom. The maximum absolute atomic E-state index is 6.15. The molecule has 1 aliphatic rings. The summed E-state index contributed by atoms with van der Waals surface area (Å²) in [4.78, 5) is 0. The van der Waals surface area contributed by atoms with E-state index in [4.69, 9.17) is 4.74 Å². The molecule has 0 aromatic carbocycles. The molecule has 1 rings (SSSR count). The van der Waals surface area contributed by atoms with Crippen LogP contribution >= 0.6 is 0 Å². The van der Waals surface area contributed by atoms with Crippen molar-refractivity contribution < 1.29 is 4.74 Å². The third-order valence-corrected chi connectivity index (χ3v) is 2.82. The molecule has 0 amide bonds. The molecule has 1 fully saturated rings. The van der Waals surface area contributed by atoms with E-state index < -0.39 is 0 Å². The summed E-state index contributed by atoms with van der Waals surface area (Å²) in [6.45, 7) is 13.0. The lowest BCUT2D eigenvalue weighted by Gasteiger charge is -2.44. The van der Waals surface area contributed by atoms with Gasteiger partial charge in [-0.05, 0) is 39.5 Å². The van der Waals surface area contributed by atoms with Gasteiger partial charge in [0.2, 0.25) is 0 Å². The number of rotatable bonds is 3. The molecule has 1 atom stereocenters. The standard InChI is InChI=1S/C12H25NO/c1-10(2)6-7-12(5)9-13-8-11(3,4)14-12/h10,13H,6-9H2,1-5H3. The molecule has 1 unspecified atom stereocenters. The second kappa shape index (κ2) is 4.19. The van der Waals surface area contributed by atoms with Gasteiger partial charge in [-0.25, -0.2) is 0 Å². The Balaban J connectivity index is 2.47. The molecule has 1 heterocycles. The lowest BCUT2D eigenvalue weighted by atomic mass is 9.91. The fourth-order valence-electron chi connectivity index (χ4n) is 2.10. The summed E-state index contributed by atoms with van der Waals surface area (Å²) in [5.74, 6) is 0.764. The predicted octanol–water partition coefficient (Wildman–Crippen LogP) is 2.58. The predicted molar refractivity (Wildman–Crippen MR) is 60.5 cm³/mol. The number of hydrogen-bond donors (Lipinski definition) is 1. The van der Waals surface area contributed by atoms with Crippen LogP contribution in [0.25, 0.3) is 0 Å². The van der Waals surface area contributed by atoms with Crippen LogP contribution in [-0.2, 0) is 4.74 Å². The molecule has 0 aromatic heterocycles. The van der Waals surface area contributed by atoms with Gasteiger partial charge in [-0.1, -0.05) is 13.8 Å². The Bertz CT molecular complexity index is 189. The Kier molecular flexibility index (Phi) is 3.59. The molecular formula is C12H25NO. The monoisotopic (exact) mass is 199 g/mol. The van der Waals surface area contributed by atoms with Gasteiger partial charge >= 0.3 is 0 Å². The molecule has 0 bridgehead atoms. The molecule has 2 nitrogen and oxygen atoms in total. The van der Waals surface area contributed by atoms with Crippen LogP contribution in [0.5, 0.6) is 0 Å². The zero-order chi connectivity index (χ0) is 10.8.